The molecule has 0 atom stereocenters. The molecule has 0 unspecified atom stereocenters. The molecule has 1 amide bonds. The highest BCUT2D eigenvalue weighted by molar-refractivity contribution is 7.89. The second-order valence-electron chi connectivity index (χ2n) is 3.63. The number of amides is 1. The van der Waals surface area contributed by atoms with Gasteiger partial charge in [-0.2, -0.15) is 5.26 Å². The van der Waals surface area contributed by atoms with E-state index in [2.05, 4.69) is 0 Å². The fourth-order valence-electron chi connectivity index (χ4n) is 1.21. The van der Waals surface area contributed by atoms with Gasteiger partial charge in [-0.15, -0.1) is 0 Å². The molecule has 0 aliphatic rings. The van der Waals surface area contributed by atoms with Crippen LogP contribution in [-0.2, 0) is 19.6 Å². The molecule has 0 aliphatic heterocycles. The Kier molecular flexibility index (Phi) is 5.19. The van der Waals surface area contributed by atoms with Crippen molar-refractivity contribution in [1.29, 1.82) is 5.26 Å². The van der Waals surface area contributed by atoms with E-state index in [0.717, 1.165) is 6.07 Å². The lowest BCUT2D eigenvalue weighted by Gasteiger charge is -2.06. The number of carbonyl (C=O) groups excluding carboxylic acids is 1. The number of benzene rings is 1. The molecular weight excluding hydrogens is 286 g/mol. The Hall–Kier alpha value is -2.44. The summed E-state index contributed by atoms with van der Waals surface area (Å²) >= 11 is 0. The van der Waals surface area contributed by atoms with Crippen LogP contribution in [0.1, 0.15) is 5.56 Å². The van der Waals surface area contributed by atoms with Gasteiger partial charge < -0.3 is 10.4 Å². The number of carboxylic acids is 1. The SMILES string of the molecule is N#Cc1cccc(S(=O)(=O)NCC(=O)NCC(=O)O)c1. The smallest absolute Gasteiger partial charge is 0.322 e. The van der Waals surface area contributed by atoms with E-state index in [9.17, 15) is 18.0 Å². The Morgan fingerprint density at radius 1 is 1.30 bits per heavy atom. The van der Waals surface area contributed by atoms with E-state index < -0.39 is 35.0 Å². The fraction of sp³-hybridized carbons (Fsp3) is 0.182. The molecule has 9 heteroatoms. The summed E-state index contributed by atoms with van der Waals surface area (Å²) in [6.07, 6.45) is 0. The number of nitrogens with zero attached hydrogens (tertiary/aromatic N) is 1. The average Bonchev–Trinajstić information content (AvgIpc) is 2.43. The number of carboxylic acid groups (broad SMARTS) is 1. The maximum Gasteiger partial charge on any atom is 0.322 e. The number of hydrogen-bond donors (Lipinski definition) is 3. The molecule has 0 radical (unpaired) electrons. The van der Waals surface area contributed by atoms with Crippen molar-refractivity contribution < 1.29 is 23.1 Å². The van der Waals surface area contributed by atoms with E-state index in [4.69, 9.17) is 10.4 Å². The van der Waals surface area contributed by atoms with E-state index in [1.54, 1.807) is 6.07 Å². The van der Waals surface area contributed by atoms with Crippen LogP contribution in [0.3, 0.4) is 0 Å². The summed E-state index contributed by atoms with van der Waals surface area (Å²) in [5.41, 5.74) is 0.170. The zero-order valence-corrected chi connectivity index (χ0v) is 11.0. The Balaban J connectivity index is 2.68. The van der Waals surface area contributed by atoms with Crippen molar-refractivity contribution in [3.05, 3.63) is 29.8 Å². The van der Waals surface area contributed by atoms with Crippen molar-refractivity contribution in [2.45, 2.75) is 4.90 Å². The number of nitriles is 1. The Morgan fingerprint density at radius 3 is 2.60 bits per heavy atom. The molecule has 106 valence electrons. The van der Waals surface area contributed by atoms with Crippen molar-refractivity contribution in [2.24, 2.45) is 0 Å². The van der Waals surface area contributed by atoms with Crippen molar-refractivity contribution in [2.75, 3.05) is 13.1 Å². The standard InChI is InChI=1S/C11H11N3O5S/c12-5-8-2-1-3-9(4-8)20(18,19)14-6-10(15)13-7-11(16)17/h1-4,14H,6-7H2,(H,13,15)(H,16,17). The molecule has 8 nitrogen and oxygen atoms in total. The topological polar surface area (TPSA) is 136 Å². The molecule has 1 aromatic carbocycles. The van der Waals surface area contributed by atoms with E-state index in [1.807, 2.05) is 10.0 Å². The van der Waals surface area contributed by atoms with Crippen molar-refractivity contribution in [3.63, 3.8) is 0 Å². The summed E-state index contributed by atoms with van der Waals surface area (Å²) in [5.74, 6) is -2.00. The predicted octanol–water partition coefficient (Wildman–Crippen LogP) is -0.963. The number of rotatable bonds is 6. The third-order valence-electron chi connectivity index (χ3n) is 2.13. The first-order valence-electron chi connectivity index (χ1n) is 5.33. The number of sulfonamides is 1. The van der Waals surface area contributed by atoms with Gasteiger partial charge >= 0.3 is 5.97 Å². The highest BCUT2D eigenvalue weighted by Gasteiger charge is 2.16. The van der Waals surface area contributed by atoms with Gasteiger partial charge in [0.05, 0.1) is 23.1 Å². The van der Waals surface area contributed by atoms with Crippen LogP contribution in [0.25, 0.3) is 0 Å². The predicted molar refractivity (Wildman–Crippen MR) is 67.0 cm³/mol. The van der Waals surface area contributed by atoms with Crippen LogP contribution in [0.5, 0.6) is 0 Å². The highest BCUT2D eigenvalue weighted by Crippen LogP contribution is 2.10. The molecular formula is C11H11N3O5S. The van der Waals surface area contributed by atoms with Crippen molar-refractivity contribution in [3.8, 4) is 6.07 Å². The average molecular weight is 297 g/mol. The van der Waals surface area contributed by atoms with Gasteiger partial charge in [-0.25, -0.2) is 13.1 Å². The number of nitrogens with one attached hydrogen (secondary N) is 2. The molecule has 0 heterocycles. The van der Waals surface area contributed by atoms with E-state index in [0.29, 0.717) is 0 Å². The fourth-order valence-corrected chi connectivity index (χ4v) is 2.24. The first-order valence-corrected chi connectivity index (χ1v) is 6.82. The molecule has 0 aliphatic carbocycles. The highest BCUT2D eigenvalue weighted by atomic mass is 32.2. The summed E-state index contributed by atoms with van der Waals surface area (Å²) in [6, 6.07) is 7.08. The second kappa shape index (κ2) is 6.65. The molecule has 0 spiro atoms. The summed E-state index contributed by atoms with van der Waals surface area (Å²) in [4.78, 5) is 21.3. The second-order valence-corrected chi connectivity index (χ2v) is 5.40. The molecule has 0 saturated carbocycles. The minimum absolute atomic E-state index is 0.150. The molecule has 0 bridgehead atoms. The van der Waals surface area contributed by atoms with Gasteiger partial charge in [0, 0.05) is 0 Å². The first kappa shape index (κ1) is 15.6. The maximum atomic E-state index is 11.8. The van der Waals surface area contributed by atoms with Gasteiger partial charge in [0.15, 0.2) is 0 Å². The minimum Gasteiger partial charge on any atom is -0.480 e. The van der Waals surface area contributed by atoms with E-state index in [1.165, 1.54) is 18.2 Å². The lowest BCUT2D eigenvalue weighted by atomic mass is 10.2. The largest absolute Gasteiger partial charge is 0.480 e. The van der Waals surface area contributed by atoms with Gasteiger partial charge in [-0.3, -0.25) is 9.59 Å². The van der Waals surface area contributed by atoms with Crippen molar-refractivity contribution in [1.82, 2.24) is 10.0 Å². The van der Waals surface area contributed by atoms with Crippen LogP contribution in [0.2, 0.25) is 0 Å². The van der Waals surface area contributed by atoms with E-state index in [-0.39, 0.29) is 10.5 Å². The maximum absolute atomic E-state index is 11.8. The van der Waals surface area contributed by atoms with Gasteiger partial charge in [0.1, 0.15) is 6.54 Å². The molecule has 3 N–H and O–H groups in total. The zero-order chi connectivity index (χ0) is 15.2. The van der Waals surface area contributed by atoms with Gasteiger partial charge in [0.2, 0.25) is 15.9 Å². The third kappa shape index (κ3) is 4.68. The number of carbonyl (C=O) groups is 2. The van der Waals surface area contributed by atoms with E-state index >= 15 is 0 Å². The van der Waals surface area contributed by atoms with Crippen LogP contribution in [0.4, 0.5) is 0 Å². The Labute approximate surface area is 115 Å². The lowest BCUT2D eigenvalue weighted by Crippen LogP contribution is -2.38. The van der Waals surface area contributed by atoms with Crippen molar-refractivity contribution >= 4 is 21.9 Å². The molecule has 0 aromatic heterocycles. The monoisotopic (exact) mass is 297 g/mol. The molecule has 20 heavy (non-hydrogen) atoms. The molecule has 1 rings (SSSR count). The quantitative estimate of drug-likeness (QED) is 0.618. The lowest BCUT2D eigenvalue weighted by molar-refractivity contribution is -0.137. The Morgan fingerprint density at radius 2 is 2.00 bits per heavy atom. The summed E-state index contributed by atoms with van der Waals surface area (Å²) in [7, 11) is -3.94. The number of aliphatic carboxylic acids is 1. The third-order valence-corrected chi connectivity index (χ3v) is 3.53. The van der Waals surface area contributed by atoms with Crippen LogP contribution >= 0.6 is 0 Å². The van der Waals surface area contributed by atoms with Gasteiger partial charge in [-0.1, -0.05) is 6.07 Å². The number of hydrogen-bond acceptors (Lipinski definition) is 5. The Bertz CT molecular complexity index is 663. The molecule has 0 saturated heterocycles. The minimum atomic E-state index is -3.94. The normalized spacial score (nSPS) is 10.6. The van der Waals surface area contributed by atoms with Gasteiger partial charge in [0.25, 0.3) is 0 Å². The molecule has 1 aromatic rings. The van der Waals surface area contributed by atoms with Crippen LogP contribution in [0, 0.1) is 11.3 Å². The summed E-state index contributed by atoms with van der Waals surface area (Å²) in [6.45, 7) is -1.18. The zero-order valence-electron chi connectivity index (χ0n) is 10.2. The van der Waals surface area contributed by atoms with Crippen LogP contribution < -0.4 is 10.0 Å². The summed E-state index contributed by atoms with van der Waals surface area (Å²) < 4.78 is 25.7. The summed E-state index contributed by atoms with van der Waals surface area (Å²) in [5, 5.41) is 19.0. The van der Waals surface area contributed by atoms with Gasteiger partial charge in [-0.05, 0) is 18.2 Å². The van der Waals surface area contributed by atoms with Crippen LogP contribution in [-0.4, -0.2) is 38.5 Å². The first-order chi connectivity index (χ1) is 9.35. The van der Waals surface area contributed by atoms with Crippen LogP contribution in [0.15, 0.2) is 29.2 Å². The molecule has 0 fully saturated rings.